The lowest BCUT2D eigenvalue weighted by Crippen LogP contribution is -2.10. The molecule has 0 aliphatic heterocycles. The summed E-state index contributed by atoms with van der Waals surface area (Å²) in [5, 5.41) is 1.99. The average Bonchev–Trinajstić information content (AvgIpc) is 2.89. The largest absolute Gasteiger partial charge is 0.433 e. The highest BCUT2D eigenvalue weighted by Crippen LogP contribution is 2.33. The number of thioether (sulfide) groups is 1. The molecule has 2 rings (SSSR count). The normalized spacial score (nSPS) is 11.8. The van der Waals surface area contributed by atoms with E-state index in [1.165, 1.54) is 23.1 Å². The molecule has 0 fully saturated rings. The van der Waals surface area contributed by atoms with E-state index in [0.29, 0.717) is 16.3 Å². The van der Waals surface area contributed by atoms with Crippen molar-refractivity contribution in [2.45, 2.75) is 24.7 Å². The van der Waals surface area contributed by atoms with Crippen LogP contribution in [0.4, 0.5) is 13.2 Å². The third-order valence-corrected chi connectivity index (χ3v) is 4.15. The van der Waals surface area contributed by atoms with Gasteiger partial charge >= 0.3 is 6.18 Å². The van der Waals surface area contributed by atoms with Crippen LogP contribution in [0.3, 0.4) is 0 Å². The van der Waals surface area contributed by atoms with Crippen LogP contribution in [-0.4, -0.2) is 15.7 Å². The van der Waals surface area contributed by atoms with Gasteiger partial charge in [-0.05, 0) is 23.9 Å². The molecule has 0 bridgehead atoms. The SMILES string of the molecule is CCCSc1nc(-c2cccs2)cc(C(F)(F)F)n1. The van der Waals surface area contributed by atoms with Crippen molar-refractivity contribution < 1.29 is 13.2 Å². The van der Waals surface area contributed by atoms with Gasteiger partial charge in [0, 0.05) is 5.75 Å². The van der Waals surface area contributed by atoms with Crippen molar-refractivity contribution in [2.24, 2.45) is 0 Å². The first-order valence-electron chi connectivity index (χ1n) is 5.63. The van der Waals surface area contributed by atoms with E-state index in [4.69, 9.17) is 0 Å². The number of alkyl halides is 3. The minimum absolute atomic E-state index is 0.181. The highest BCUT2D eigenvalue weighted by Gasteiger charge is 2.33. The molecule has 0 saturated carbocycles. The van der Waals surface area contributed by atoms with Crippen LogP contribution in [0.5, 0.6) is 0 Å². The van der Waals surface area contributed by atoms with E-state index in [9.17, 15) is 13.2 Å². The van der Waals surface area contributed by atoms with E-state index in [0.717, 1.165) is 12.5 Å². The van der Waals surface area contributed by atoms with Gasteiger partial charge in [0.05, 0.1) is 10.6 Å². The molecule has 0 aliphatic rings. The number of hydrogen-bond donors (Lipinski definition) is 0. The highest BCUT2D eigenvalue weighted by molar-refractivity contribution is 7.99. The Morgan fingerprint density at radius 1 is 1.32 bits per heavy atom. The summed E-state index contributed by atoms with van der Waals surface area (Å²) in [5.74, 6) is 0.700. The zero-order chi connectivity index (χ0) is 13.9. The predicted molar refractivity (Wildman–Crippen MR) is 71.4 cm³/mol. The van der Waals surface area contributed by atoms with Gasteiger partial charge in [-0.1, -0.05) is 24.8 Å². The maximum absolute atomic E-state index is 12.8. The molecule has 0 radical (unpaired) electrons. The van der Waals surface area contributed by atoms with Crippen molar-refractivity contribution >= 4 is 23.1 Å². The lowest BCUT2D eigenvalue weighted by molar-refractivity contribution is -0.141. The lowest BCUT2D eigenvalue weighted by Gasteiger charge is -2.09. The molecule has 2 nitrogen and oxygen atoms in total. The van der Waals surface area contributed by atoms with Crippen molar-refractivity contribution in [3.8, 4) is 10.6 Å². The van der Waals surface area contributed by atoms with Gasteiger partial charge in [-0.2, -0.15) is 13.2 Å². The molecule has 0 unspecified atom stereocenters. The molecule has 0 atom stereocenters. The molecule has 7 heteroatoms. The number of halogens is 3. The zero-order valence-electron chi connectivity index (χ0n) is 10.1. The lowest BCUT2D eigenvalue weighted by atomic mass is 10.3. The monoisotopic (exact) mass is 304 g/mol. The van der Waals surface area contributed by atoms with E-state index in [-0.39, 0.29) is 5.16 Å². The van der Waals surface area contributed by atoms with Gasteiger partial charge in [0.2, 0.25) is 0 Å². The van der Waals surface area contributed by atoms with E-state index in [1.54, 1.807) is 12.1 Å². The number of aromatic nitrogens is 2. The van der Waals surface area contributed by atoms with Gasteiger partial charge in [0.1, 0.15) is 5.69 Å². The van der Waals surface area contributed by atoms with Gasteiger partial charge < -0.3 is 0 Å². The molecule has 0 amide bonds. The Kier molecular flexibility index (Phi) is 4.46. The molecule has 102 valence electrons. The Morgan fingerprint density at radius 3 is 2.68 bits per heavy atom. The fraction of sp³-hybridized carbons (Fsp3) is 0.333. The van der Waals surface area contributed by atoms with Crippen molar-refractivity contribution in [2.75, 3.05) is 5.75 Å². The van der Waals surface area contributed by atoms with Crippen LogP contribution in [0.25, 0.3) is 10.6 Å². The third-order valence-electron chi connectivity index (χ3n) is 2.20. The van der Waals surface area contributed by atoms with Crippen molar-refractivity contribution in [1.82, 2.24) is 9.97 Å². The third kappa shape index (κ3) is 3.70. The van der Waals surface area contributed by atoms with Crippen molar-refractivity contribution in [3.63, 3.8) is 0 Å². The minimum atomic E-state index is -4.45. The number of hydrogen-bond acceptors (Lipinski definition) is 4. The van der Waals surface area contributed by atoms with Gasteiger partial charge in [0.25, 0.3) is 0 Å². The number of rotatable bonds is 4. The molecule has 2 aromatic heterocycles. The Balaban J connectivity index is 2.43. The summed E-state index contributed by atoms with van der Waals surface area (Å²) in [7, 11) is 0. The summed E-state index contributed by atoms with van der Waals surface area (Å²) >= 11 is 2.61. The molecule has 0 aliphatic carbocycles. The maximum Gasteiger partial charge on any atom is 0.433 e. The van der Waals surface area contributed by atoms with Crippen LogP contribution in [0.2, 0.25) is 0 Å². The van der Waals surface area contributed by atoms with E-state index in [1.807, 2.05) is 12.3 Å². The highest BCUT2D eigenvalue weighted by atomic mass is 32.2. The van der Waals surface area contributed by atoms with Gasteiger partial charge in [0.15, 0.2) is 5.16 Å². The first-order valence-corrected chi connectivity index (χ1v) is 7.50. The Labute approximate surface area is 117 Å². The molecule has 0 spiro atoms. The first-order chi connectivity index (χ1) is 9.00. The topological polar surface area (TPSA) is 25.8 Å². The summed E-state index contributed by atoms with van der Waals surface area (Å²) in [6, 6.07) is 4.54. The predicted octanol–water partition coefficient (Wildman–Crippen LogP) is 4.73. The fourth-order valence-corrected chi connectivity index (χ4v) is 2.78. The minimum Gasteiger partial charge on any atom is -0.222 e. The second-order valence-electron chi connectivity index (χ2n) is 3.74. The Morgan fingerprint density at radius 2 is 2.11 bits per heavy atom. The second kappa shape index (κ2) is 5.92. The summed E-state index contributed by atoms with van der Waals surface area (Å²) in [6.45, 7) is 1.96. The standard InChI is InChI=1S/C12H11F3N2S2/c1-2-5-19-11-16-8(9-4-3-6-18-9)7-10(17-11)12(13,14)15/h3-4,6-7H,2,5H2,1H3. The Bertz CT molecular complexity index is 538. The molecule has 19 heavy (non-hydrogen) atoms. The molecule has 2 heterocycles. The van der Waals surface area contributed by atoms with E-state index < -0.39 is 11.9 Å². The molecular weight excluding hydrogens is 293 g/mol. The summed E-state index contributed by atoms with van der Waals surface area (Å²) in [5.41, 5.74) is -0.555. The van der Waals surface area contributed by atoms with Crippen molar-refractivity contribution in [1.29, 1.82) is 0 Å². The molecular formula is C12H11F3N2S2. The van der Waals surface area contributed by atoms with Crippen LogP contribution in [0.1, 0.15) is 19.0 Å². The molecule has 0 N–H and O–H groups in total. The smallest absolute Gasteiger partial charge is 0.222 e. The fourth-order valence-electron chi connectivity index (χ4n) is 1.38. The summed E-state index contributed by atoms with van der Waals surface area (Å²) < 4.78 is 38.4. The zero-order valence-corrected chi connectivity index (χ0v) is 11.7. The Hall–Kier alpha value is -1.08. The summed E-state index contributed by atoms with van der Waals surface area (Å²) in [4.78, 5) is 8.49. The van der Waals surface area contributed by atoms with Crippen LogP contribution in [0.15, 0.2) is 28.7 Å². The number of thiophene rings is 1. The quantitative estimate of drug-likeness (QED) is 0.603. The van der Waals surface area contributed by atoms with Crippen LogP contribution < -0.4 is 0 Å². The van der Waals surface area contributed by atoms with Gasteiger partial charge in [-0.25, -0.2) is 9.97 Å². The van der Waals surface area contributed by atoms with Crippen molar-refractivity contribution in [3.05, 3.63) is 29.3 Å². The van der Waals surface area contributed by atoms with Crippen LogP contribution in [0, 0.1) is 0 Å². The molecule has 0 aromatic carbocycles. The average molecular weight is 304 g/mol. The maximum atomic E-state index is 12.8. The van der Waals surface area contributed by atoms with Gasteiger partial charge in [-0.15, -0.1) is 11.3 Å². The second-order valence-corrected chi connectivity index (χ2v) is 5.75. The molecule has 2 aromatic rings. The van der Waals surface area contributed by atoms with E-state index in [2.05, 4.69) is 9.97 Å². The number of nitrogens with zero attached hydrogens (tertiary/aromatic N) is 2. The first kappa shape index (κ1) is 14.3. The van der Waals surface area contributed by atoms with Crippen LogP contribution >= 0.6 is 23.1 Å². The van der Waals surface area contributed by atoms with Gasteiger partial charge in [-0.3, -0.25) is 0 Å². The van der Waals surface area contributed by atoms with E-state index >= 15 is 0 Å². The molecule has 0 saturated heterocycles. The summed E-state index contributed by atoms with van der Waals surface area (Å²) in [6.07, 6.45) is -3.59. The van der Waals surface area contributed by atoms with Crippen LogP contribution in [-0.2, 0) is 6.18 Å².